The van der Waals surface area contributed by atoms with Crippen LogP contribution in [-0.4, -0.2) is 47.2 Å². The SMILES string of the molecule is COc1cc(NC(=O)C[C@H]2SC(N3N=C(c4ccc(C)cc4)C[C@@H]3c3ccc(Cl)cc3)=NC2=O)cc(OC)c1. The van der Waals surface area contributed by atoms with Crippen molar-refractivity contribution in [3.63, 3.8) is 0 Å². The number of aliphatic imine (C=N–C) groups is 1. The van der Waals surface area contributed by atoms with E-state index in [9.17, 15) is 9.59 Å². The molecule has 5 rings (SSSR count). The topological polar surface area (TPSA) is 92.6 Å². The second-order valence-electron chi connectivity index (χ2n) is 9.22. The van der Waals surface area contributed by atoms with Crippen molar-refractivity contribution in [2.75, 3.05) is 19.5 Å². The molecule has 0 saturated carbocycles. The lowest BCUT2D eigenvalue weighted by molar-refractivity contribution is -0.121. The Labute approximate surface area is 236 Å². The highest BCUT2D eigenvalue weighted by Crippen LogP contribution is 2.39. The van der Waals surface area contributed by atoms with Crippen molar-refractivity contribution in [1.29, 1.82) is 0 Å². The van der Waals surface area contributed by atoms with Gasteiger partial charge in [0, 0.05) is 41.8 Å². The molecule has 0 spiro atoms. The van der Waals surface area contributed by atoms with Crippen molar-refractivity contribution in [2.24, 2.45) is 10.1 Å². The van der Waals surface area contributed by atoms with Crippen molar-refractivity contribution >= 4 is 51.7 Å². The van der Waals surface area contributed by atoms with Gasteiger partial charge in [-0.25, -0.2) is 5.01 Å². The Morgan fingerprint density at radius 1 is 1.05 bits per heavy atom. The number of halogens is 1. The Balaban J connectivity index is 1.33. The molecular weight excluding hydrogens is 536 g/mol. The summed E-state index contributed by atoms with van der Waals surface area (Å²) < 4.78 is 10.5. The fraction of sp³-hybridized carbons (Fsp3) is 0.241. The first-order valence-corrected chi connectivity index (χ1v) is 13.6. The predicted molar refractivity (Wildman–Crippen MR) is 155 cm³/mol. The molecule has 3 aromatic carbocycles. The van der Waals surface area contributed by atoms with Gasteiger partial charge < -0.3 is 14.8 Å². The maximum atomic E-state index is 12.9. The molecule has 2 atom stereocenters. The molecule has 3 aromatic rings. The molecule has 0 unspecified atom stereocenters. The van der Waals surface area contributed by atoms with Crippen LogP contribution >= 0.6 is 23.4 Å². The van der Waals surface area contributed by atoms with Crippen LogP contribution in [0, 0.1) is 6.92 Å². The minimum atomic E-state index is -0.656. The number of amides is 2. The molecule has 10 heteroatoms. The molecule has 0 radical (unpaired) electrons. The van der Waals surface area contributed by atoms with Crippen LogP contribution < -0.4 is 14.8 Å². The maximum Gasteiger partial charge on any atom is 0.262 e. The summed E-state index contributed by atoms with van der Waals surface area (Å²) in [7, 11) is 3.07. The number of aryl methyl sites for hydroxylation is 1. The van der Waals surface area contributed by atoms with Crippen LogP contribution in [0.3, 0.4) is 0 Å². The number of hydrogen-bond acceptors (Lipinski definition) is 7. The third-order valence-electron chi connectivity index (χ3n) is 6.48. The van der Waals surface area contributed by atoms with E-state index in [-0.39, 0.29) is 24.3 Å². The third kappa shape index (κ3) is 6.10. The summed E-state index contributed by atoms with van der Waals surface area (Å²) in [6.45, 7) is 2.04. The lowest BCUT2D eigenvalue weighted by Crippen LogP contribution is -2.25. The van der Waals surface area contributed by atoms with Gasteiger partial charge in [-0.1, -0.05) is 65.3 Å². The molecular formula is C29H27ClN4O4S. The van der Waals surface area contributed by atoms with Gasteiger partial charge in [-0.2, -0.15) is 10.1 Å². The first-order chi connectivity index (χ1) is 18.8. The Morgan fingerprint density at radius 2 is 1.72 bits per heavy atom. The molecule has 0 fully saturated rings. The zero-order valence-electron chi connectivity index (χ0n) is 21.7. The maximum absolute atomic E-state index is 12.9. The number of hydrogen-bond donors (Lipinski definition) is 1. The molecule has 2 aliphatic rings. The number of nitrogens with one attached hydrogen (secondary N) is 1. The van der Waals surface area contributed by atoms with Crippen LogP contribution in [0.4, 0.5) is 5.69 Å². The van der Waals surface area contributed by atoms with Crippen molar-refractivity contribution in [3.05, 3.63) is 88.4 Å². The highest BCUT2D eigenvalue weighted by atomic mass is 35.5. The molecule has 0 aliphatic carbocycles. The van der Waals surface area contributed by atoms with E-state index in [2.05, 4.69) is 22.4 Å². The lowest BCUT2D eigenvalue weighted by Gasteiger charge is -2.23. The minimum Gasteiger partial charge on any atom is -0.497 e. The number of rotatable bonds is 7. The summed E-state index contributed by atoms with van der Waals surface area (Å²) >= 11 is 7.39. The molecule has 1 N–H and O–H groups in total. The van der Waals surface area contributed by atoms with E-state index in [4.69, 9.17) is 26.2 Å². The zero-order valence-corrected chi connectivity index (χ0v) is 23.3. The molecule has 2 amide bonds. The molecule has 0 aromatic heterocycles. The molecule has 0 bridgehead atoms. The summed E-state index contributed by atoms with van der Waals surface area (Å²) in [4.78, 5) is 30.1. The van der Waals surface area contributed by atoms with Crippen molar-refractivity contribution in [1.82, 2.24) is 5.01 Å². The second kappa shape index (κ2) is 11.5. The Morgan fingerprint density at radius 3 is 2.36 bits per heavy atom. The Hall–Kier alpha value is -3.82. The summed E-state index contributed by atoms with van der Waals surface area (Å²) in [5, 5.41) is 9.98. The molecule has 2 aliphatic heterocycles. The second-order valence-corrected chi connectivity index (χ2v) is 10.8. The number of carbonyl (C=O) groups is 2. The normalized spacial score (nSPS) is 18.6. The first-order valence-electron chi connectivity index (χ1n) is 12.3. The molecule has 0 saturated heterocycles. The Kier molecular flexibility index (Phi) is 7.90. The largest absolute Gasteiger partial charge is 0.497 e. The van der Waals surface area contributed by atoms with Crippen LogP contribution in [-0.2, 0) is 9.59 Å². The number of anilines is 1. The Bertz CT molecular complexity index is 1430. The van der Waals surface area contributed by atoms with E-state index >= 15 is 0 Å². The fourth-order valence-electron chi connectivity index (χ4n) is 4.42. The number of methoxy groups -OCH3 is 2. The quantitative estimate of drug-likeness (QED) is 0.389. The van der Waals surface area contributed by atoms with Gasteiger partial charge in [-0.15, -0.1) is 0 Å². The van der Waals surface area contributed by atoms with Gasteiger partial charge >= 0.3 is 0 Å². The molecule has 39 heavy (non-hydrogen) atoms. The smallest absolute Gasteiger partial charge is 0.262 e. The first kappa shape index (κ1) is 26.8. The number of hydrazone groups is 1. The fourth-order valence-corrected chi connectivity index (χ4v) is 5.60. The number of amidine groups is 1. The van der Waals surface area contributed by atoms with E-state index in [1.807, 2.05) is 43.3 Å². The molecule has 8 nitrogen and oxygen atoms in total. The van der Waals surface area contributed by atoms with Crippen LogP contribution in [0.2, 0.25) is 5.02 Å². The van der Waals surface area contributed by atoms with Gasteiger partial charge in [0.2, 0.25) is 5.91 Å². The van der Waals surface area contributed by atoms with Crippen LogP contribution in [0.1, 0.15) is 35.6 Å². The number of benzene rings is 3. The van der Waals surface area contributed by atoms with E-state index in [0.29, 0.717) is 33.8 Å². The van der Waals surface area contributed by atoms with Crippen molar-refractivity contribution in [3.8, 4) is 11.5 Å². The average molecular weight is 563 g/mol. The average Bonchev–Trinajstić information content (AvgIpc) is 3.53. The number of ether oxygens (including phenoxy) is 2. The van der Waals surface area contributed by atoms with Gasteiger partial charge in [0.25, 0.3) is 5.91 Å². The monoisotopic (exact) mass is 562 g/mol. The minimum absolute atomic E-state index is 0.0377. The highest BCUT2D eigenvalue weighted by Gasteiger charge is 2.39. The van der Waals surface area contributed by atoms with Crippen molar-refractivity contribution in [2.45, 2.75) is 31.1 Å². The number of carbonyl (C=O) groups excluding carboxylic acids is 2. The van der Waals surface area contributed by atoms with Crippen LogP contribution in [0.5, 0.6) is 11.5 Å². The van der Waals surface area contributed by atoms with Crippen LogP contribution in [0.25, 0.3) is 0 Å². The van der Waals surface area contributed by atoms with E-state index < -0.39 is 5.25 Å². The van der Waals surface area contributed by atoms with Crippen molar-refractivity contribution < 1.29 is 19.1 Å². The van der Waals surface area contributed by atoms with Crippen LogP contribution in [0.15, 0.2) is 76.8 Å². The van der Waals surface area contributed by atoms with Gasteiger partial charge in [0.15, 0.2) is 5.17 Å². The summed E-state index contributed by atoms with van der Waals surface area (Å²) in [5.41, 5.74) is 4.61. The number of thioether (sulfide) groups is 1. The van der Waals surface area contributed by atoms with E-state index in [1.54, 1.807) is 23.2 Å². The highest BCUT2D eigenvalue weighted by molar-refractivity contribution is 8.15. The van der Waals surface area contributed by atoms with E-state index in [0.717, 1.165) is 16.8 Å². The molecule has 200 valence electrons. The lowest BCUT2D eigenvalue weighted by atomic mass is 9.98. The van der Waals surface area contributed by atoms with Gasteiger partial charge in [-0.3, -0.25) is 9.59 Å². The molecule has 2 heterocycles. The van der Waals surface area contributed by atoms with E-state index in [1.165, 1.54) is 31.5 Å². The summed E-state index contributed by atoms with van der Waals surface area (Å²) in [6, 6.07) is 20.7. The third-order valence-corrected chi connectivity index (χ3v) is 7.87. The van der Waals surface area contributed by atoms with Gasteiger partial charge in [0.1, 0.15) is 16.7 Å². The van der Waals surface area contributed by atoms with Gasteiger partial charge in [0.05, 0.1) is 26.0 Å². The van der Waals surface area contributed by atoms with Gasteiger partial charge in [-0.05, 0) is 30.2 Å². The summed E-state index contributed by atoms with van der Waals surface area (Å²) in [6.07, 6.45) is 0.602. The predicted octanol–water partition coefficient (Wildman–Crippen LogP) is 5.84. The standard InChI is InChI=1S/C29H27ClN4O4S/c1-17-4-6-18(7-5-17)24-15-25(19-8-10-20(30)11-9-19)34(33-24)29-32-28(36)26(39-29)16-27(35)31-21-12-22(37-2)14-23(13-21)38-3/h4-14,25-26H,15-16H2,1-3H3,(H,31,35)/t25-,26-/m1/s1. The zero-order chi connectivity index (χ0) is 27.5. The summed E-state index contributed by atoms with van der Waals surface area (Å²) in [5.74, 6) is 0.423. The number of nitrogens with zero attached hydrogens (tertiary/aromatic N) is 3.